The van der Waals surface area contributed by atoms with Crippen molar-refractivity contribution >= 4 is 29.4 Å². The number of rotatable bonds is 9. The molecule has 0 aliphatic carbocycles. The molecule has 2 N–H and O–H groups in total. The highest BCUT2D eigenvalue weighted by molar-refractivity contribution is 6.30. The zero-order valence-electron chi connectivity index (χ0n) is 19.6. The highest BCUT2D eigenvalue weighted by atomic mass is 35.5. The van der Waals surface area contributed by atoms with Crippen LogP contribution in [0, 0.1) is 5.92 Å². The summed E-state index contributed by atoms with van der Waals surface area (Å²) in [6.45, 7) is 2.46. The molecule has 3 rings (SSSR count). The summed E-state index contributed by atoms with van der Waals surface area (Å²) in [6, 6.07) is 12.4. The highest BCUT2D eigenvalue weighted by Crippen LogP contribution is 2.26. The van der Waals surface area contributed by atoms with Crippen molar-refractivity contribution in [1.82, 2.24) is 15.5 Å². The molecule has 2 atom stereocenters. The standard InChI is InChI=1S/C25H30ClN3O5/c1-4-21(16-5-7-17(8-6-16)25(32)34-3)28-15-29-14-23(30)27-13-19(24(29)31)11-18-12-20(26)9-10-22(18)33-2/h5-10,12,19,21,28H,4,11,13-15H2,1-3H3,(H,27,30)/t19-,21-/m1/s1. The van der Waals surface area contributed by atoms with Crippen LogP contribution < -0.4 is 15.4 Å². The topological polar surface area (TPSA) is 97.0 Å². The Morgan fingerprint density at radius 1 is 1.21 bits per heavy atom. The second-order valence-corrected chi connectivity index (χ2v) is 8.57. The summed E-state index contributed by atoms with van der Waals surface area (Å²) < 4.78 is 10.2. The Morgan fingerprint density at radius 3 is 2.59 bits per heavy atom. The fraction of sp³-hybridized carbons (Fsp3) is 0.400. The molecule has 2 aromatic rings. The molecule has 0 radical (unpaired) electrons. The van der Waals surface area contributed by atoms with Crippen LogP contribution in [0.15, 0.2) is 42.5 Å². The third-order valence-corrected chi connectivity index (χ3v) is 6.16. The van der Waals surface area contributed by atoms with Crippen molar-refractivity contribution in [1.29, 1.82) is 0 Å². The van der Waals surface area contributed by atoms with Gasteiger partial charge in [0.25, 0.3) is 0 Å². The van der Waals surface area contributed by atoms with Gasteiger partial charge in [0.15, 0.2) is 0 Å². The number of nitrogens with zero attached hydrogens (tertiary/aromatic N) is 1. The average Bonchev–Trinajstić information content (AvgIpc) is 2.98. The molecular weight excluding hydrogens is 458 g/mol. The summed E-state index contributed by atoms with van der Waals surface area (Å²) in [6.07, 6.45) is 1.15. The van der Waals surface area contributed by atoms with Gasteiger partial charge in [-0.05, 0) is 54.3 Å². The Labute approximate surface area is 204 Å². The van der Waals surface area contributed by atoms with Crippen molar-refractivity contribution in [3.8, 4) is 5.75 Å². The van der Waals surface area contributed by atoms with Crippen molar-refractivity contribution in [3.05, 3.63) is 64.2 Å². The second kappa shape index (κ2) is 11.9. The number of benzene rings is 2. The lowest BCUT2D eigenvalue weighted by molar-refractivity contribution is -0.137. The first kappa shape index (κ1) is 25.5. The summed E-state index contributed by atoms with van der Waals surface area (Å²) in [7, 11) is 2.92. The molecule has 182 valence electrons. The Balaban J connectivity index is 1.71. The van der Waals surface area contributed by atoms with Crippen LogP contribution in [0.4, 0.5) is 0 Å². The Kier molecular flexibility index (Phi) is 8.90. The lowest BCUT2D eigenvalue weighted by atomic mass is 9.97. The van der Waals surface area contributed by atoms with Gasteiger partial charge >= 0.3 is 5.97 Å². The molecule has 1 saturated heterocycles. The molecule has 1 fully saturated rings. The number of hydrogen-bond donors (Lipinski definition) is 2. The predicted molar refractivity (Wildman–Crippen MR) is 129 cm³/mol. The van der Waals surface area contributed by atoms with E-state index < -0.39 is 11.9 Å². The first-order valence-electron chi connectivity index (χ1n) is 11.2. The smallest absolute Gasteiger partial charge is 0.337 e. The van der Waals surface area contributed by atoms with Gasteiger partial charge in [-0.1, -0.05) is 30.7 Å². The van der Waals surface area contributed by atoms with Crippen molar-refractivity contribution in [2.45, 2.75) is 25.8 Å². The van der Waals surface area contributed by atoms with E-state index in [2.05, 4.69) is 10.6 Å². The summed E-state index contributed by atoms with van der Waals surface area (Å²) in [5.74, 6) is -0.509. The van der Waals surface area contributed by atoms with E-state index in [9.17, 15) is 14.4 Å². The minimum atomic E-state index is -0.444. The van der Waals surface area contributed by atoms with Crippen LogP contribution in [0.1, 0.15) is 40.9 Å². The number of nitrogens with one attached hydrogen (secondary N) is 2. The molecule has 1 aliphatic heterocycles. The van der Waals surface area contributed by atoms with Gasteiger partial charge < -0.3 is 19.7 Å². The van der Waals surface area contributed by atoms with Crippen molar-refractivity contribution in [2.75, 3.05) is 34.0 Å². The molecule has 2 aromatic carbocycles. The summed E-state index contributed by atoms with van der Waals surface area (Å²) >= 11 is 6.15. The van der Waals surface area contributed by atoms with Gasteiger partial charge in [0, 0.05) is 17.6 Å². The summed E-state index contributed by atoms with van der Waals surface area (Å²) in [5, 5.41) is 6.77. The molecule has 1 heterocycles. The van der Waals surface area contributed by atoms with Gasteiger partial charge in [0.2, 0.25) is 11.8 Å². The maximum atomic E-state index is 13.3. The number of methoxy groups -OCH3 is 2. The molecule has 2 amide bonds. The third-order valence-electron chi connectivity index (χ3n) is 5.92. The Bertz CT molecular complexity index is 1030. The molecule has 34 heavy (non-hydrogen) atoms. The lowest BCUT2D eigenvalue weighted by Gasteiger charge is -2.27. The number of hydrogen-bond acceptors (Lipinski definition) is 6. The van der Waals surface area contributed by atoms with Crippen LogP contribution in [-0.4, -0.2) is 56.7 Å². The first-order chi connectivity index (χ1) is 16.4. The number of ether oxygens (including phenoxy) is 2. The largest absolute Gasteiger partial charge is 0.496 e. The van der Waals surface area contributed by atoms with E-state index in [1.54, 1.807) is 37.4 Å². The number of halogens is 1. The van der Waals surface area contributed by atoms with E-state index in [4.69, 9.17) is 21.1 Å². The number of carbonyl (C=O) groups is 3. The van der Waals surface area contributed by atoms with E-state index in [0.29, 0.717) is 22.8 Å². The van der Waals surface area contributed by atoms with Crippen LogP contribution >= 0.6 is 11.6 Å². The molecule has 0 aromatic heterocycles. The lowest BCUT2D eigenvalue weighted by Crippen LogP contribution is -2.44. The van der Waals surface area contributed by atoms with Crippen LogP contribution in [-0.2, 0) is 20.7 Å². The van der Waals surface area contributed by atoms with Crippen LogP contribution in [0.2, 0.25) is 5.02 Å². The van der Waals surface area contributed by atoms with Crippen molar-refractivity contribution < 1.29 is 23.9 Å². The third kappa shape index (κ3) is 6.27. The second-order valence-electron chi connectivity index (χ2n) is 8.13. The monoisotopic (exact) mass is 487 g/mol. The maximum Gasteiger partial charge on any atom is 0.337 e. The van der Waals surface area contributed by atoms with Crippen molar-refractivity contribution in [2.24, 2.45) is 5.92 Å². The SMILES string of the molecule is CC[C@@H](NCN1CC(=O)NC[C@@H](Cc2cc(Cl)ccc2OC)C1=O)c1ccc(C(=O)OC)cc1. The first-order valence-corrected chi connectivity index (χ1v) is 11.5. The quantitative estimate of drug-likeness (QED) is 0.528. The molecule has 8 nitrogen and oxygen atoms in total. The normalized spacial score (nSPS) is 17.1. The van der Waals surface area contributed by atoms with E-state index in [-0.39, 0.29) is 37.6 Å². The van der Waals surface area contributed by atoms with Gasteiger partial charge in [0.05, 0.1) is 32.4 Å². The maximum absolute atomic E-state index is 13.3. The molecule has 0 saturated carbocycles. The number of amides is 2. The Hall–Kier alpha value is -3.10. The van der Waals surface area contributed by atoms with Gasteiger partial charge in [-0.3, -0.25) is 14.9 Å². The van der Waals surface area contributed by atoms with Gasteiger partial charge in [-0.2, -0.15) is 0 Å². The fourth-order valence-electron chi connectivity index (χ4n) is 4.04. The number of carbonyl (C=O) groups excluding carboxylic acids is 3. The van der Waals surface area contributed by atoms with Gasteiger partial charge in [0.1, 0.15) is 12.3 Å². The molecule has 9 heteroatoms. The summed E-state index contributed by atoms with van der Waals surface area (Å²) in [4.78, 5) is 38.9. The van der Waals surface area contributed by atoms with E-state index in [1.165, 1.54) is 12.0 Å². The number of esters is 1. The molecular formula is C25H30ClN3O5. The molecule has 0 bridgehead atoms. The summed E-state index contributed by atoms with van der Waals surface area (Å²) in [5.41, 5.74) is 2.26. The fourth-order valence-corrected chi connectivity index (χ4v) is 4.24. The molecule has 1 aliphatic rings. The minimum Gasteiger partial charge on any atom is -0.496 e. The van der Waals surface area contributed by atoms with E-state index >= 15 is 0 Å². The van der Waals surface area contributed by atoms with Gasteiger partial charge in [-0.25, -0.2) is 4.79 Å². The Morgan fingerprint density at radius 2 is 1.94 bits per heavy atom. The van der Waals surface area contributed by atoms with E-state index in [1.807, 2.05) is 19.1 Å². The molecule has 0 unspecified atom stereocenters. The predicted octanol–water partition coefficient (Wildman–Crippen LogP) is 2.95. The van der Waals surface area contributed by atoms with Crippen LogP contribution in [0.5, 0.6) is 5.75 Å². The average molecular weight is 488 g/mol. The minimum absolute atomic E-state index is 0.0211. The molecule has 0 spiro atoms. The van der Waals surface area contributed by atoms with Gasteiger partial charge in [-0.15, -0.1) is 0 Å². The zero-order valence-corrected chi connectivity index (χ0v) is 20.4. The highest BCUT2D eigenvalue weighted by Gasteiger charge is 2.31. The van der Waals surface area contributed by atoms with Crippen LogP contribution in [0.25, 0.3) is 0 Å². The van der Waals surface area contributed by atoms with E-state index in [0.717, 1.165) is 17.5 Å². The van der Waals surface area contributed by atoms with Crippen molar-refractivity contribution in [3.63, 3.8) is 0 Å². The van der Waals surface area contributed by atoms with Crippen LogP contribution in [0.3, 0.4) is 0 Å². The zero-order chi connectivity index (χ0) is 24.7.